The smallest absolute Gasteiger partial charge is 0.230 e. The number of aromatic nitrogens is 3. The number of anilines is 1. The maximum atomic E-state index is 11.2. The Morgan fingerprint density at radius 1 is 0.943 bits per heavy atom. The molecule has 1 aliphatic heterocycles. The van der Waals surface area contributed by atoms with E-state index in [1.165, 1.54) is 15.9 Å². The minimum atomic E-state index is -0.158. The molecule has 4 heterocycles. The summed E-state index contributed by atoms with van der Waals surface area (Å²) in [5, 5.41) is 17.1. The number of rotatable bonds is 5. The first-order valence-corrected chi connectivity index (χ1v) is 12.8. The lowest BCUT2D eigenvalue weighted by Crippen LogP contribution is -2.47. The minimum Gasteiger partial charge on any atom is -0.492 e. The lowest BCUT2D eigenvalue weighted by atomic mass is 10.0. The Kier molecular flexibility index (Phi) is 5.89. The Bertz CT molecular complexity index is 1460. The van der Waals surface area contributed by atoms with Crippen molar-refractivity contribution < 1.29 is 9.52 Å². The van der Waals surface area contributed by atoms with Crippen LogP contribution in [0.5, 0.6) is 5.88 Å². The molecule has 35 heavy (non-hydrogen) atoms. The van der Waals surface area contributed by atoms with Gasteiger partial charge in [0.05, 0.1) is 17.2 Å². The van der Waals surface area contributed by atoms with Crippen LogP contribution in [0.3, 0.4) is 0 Å². The zero-order valence-electron chi connectivity index (χ0n) is 18.5. The van der Waals surface area contributed by atoms with Crippen LogP contribution in [0.15, 0.2) is 71.3 Å². The molecule has 0 radical (unpaired) electrons. The number of hydrogen-bond acceptors (Lipinski definition) is 7. The molecule has 0 spiro atoms. The first-order chi connectivity index (χ1) is 17.1. The second kappa shape index (κ2) is 9.20. The summed E-state index contributed by atoms with van der Waals surface area (Å²) in [7, 11) is 0. The molecule has 0 unspecified atom stereocenters. The number of benzene rings is 2. The van der Waals surface area contributed by atoms with Gasteiger partial charge in [-0.05, 0) is 48.0 Å². The molecule has 178 valence electrons. The van der Waals surface area contributed by atoms with Crippen molar-refractivity contribution in [3.63, 3.8) is 0 Å². The van der Waals surface area contributed by atoms with E-state index >= 15 is 0 Å². The molecule has 0 amide bonds. The molecule has 1 aliphatic rings. The second-order valence-electron chi connectivity index (χ2n) is 8.35. The van der Waals surface area contributed by atoms with Gasteiger partial charge in [0, 0.05) is 41.9 Å². The highest BCUT2D eigenvalue weighted by atomic mass is 35.5. The Balaban J connectivity index is 1.33. The Morgan fingerprint density at radius 2 is 1.74 bits per heavy atom. The highest BCUT2D eigenvalue weighted by molar-refractivity contribution is 7.17. The van der Waals surface area contributed by atoms with Gasteiger partial charge in [-0.15, -0.1) is 5.10 Å². The fourth-order valence-electron chi connectivity index (χ4n) is 4.52. The molecule has 1 N–H and O–H groups in total. The normalized spacial score (nSPS) is 15.7. The molecule has 7 nitrogen and oxygen atoms in total. The van der Waals surface area contributed by atoms with Crippen molar-refractivity contribution in [2.75, 3.05) is 31.1 Å². The summed E-state index contributed by atoms with van der Waals surface area (Å²) in [6.45, 7) is 3.30. The Labute approximate surface area is 215 Å². The fraction of sp³-hybridized carbons (Fsp3) is 0.200. The summed E-state index contributed by atoms with van der Waals surface area (Å²) in [4.78, 5) is 10.7. The molecular weight excluding hydrogens is 505 g/mol. The van der Waals surface area contributed by atoms with Crippen molar-refractivity contribution in [1.29, 1.82) is 0 Å². The van der Waals surface area contributed by atoms with Gasteiger partial charge in [-0.2, -0.15) is 9.50 Å². The van der Waals surface area contributed by atoms with Crippen LogP contribution < -0.4 is 4.90 Å². The molecule has 0 bridgehead atoms. The fourth-order valence-corrected chi connectivity index (χ4v) is 5.95. The third kappa shape index (κ3) is 4.27. The molecule has 10 heteroatoms. The van der Waals surface area contributed by atoms with E-state index in [1.54, 1.807) is 18.4 Å². The van der Waals surface area contributed by atoms with Crippen LogP contribution in [0, 0.1) is 0 Å². The van der Waals surface area contributed by atoms with Gasteiger partial charge in [0.2, 0.25) is 16.7 Å². The molecular formula is C25H21Cl2N5O2S. The van der Waals surface area contributed by atoms with Gasteiger partial charge in [0.1, 0.15) is 0 Å². The zero-order chi connectivity index (χ0) is 23.9. The number of aromatic hydroxyl groups is 1. The number of furan rings is 1. The average Bonchev–Trinajstić information content (AvgIpc) is 3.60. The predicted molar refractivity (Wildman–Crippen MR) is 139 cm³/mol. The number of thiazole rings is 1. The van der Waals surface area contributed by atoms with Crippen LogP contribution in [0.4, 0.5) is 5.69 Å². The lowest BCUT2D eigenvalue weighted by molar-refractivity contribution is 0.211. The number of nitrogens with zero attached hydrogens (tertiary/aromatic N) is 5. The van der Waals surface area contributed by atoms with E-state index in [0.29, 0.717) is 21.6 Å². The van der Waals surface area contributed by atoms with E-state index in [-0.39, 0.29) is 11.9 Å². The van der Waals surface area contributed by atoms with Crippen molar-refractivity contribution in [2.24, 2.45) is 0 Å². The van der Waals surface area contributed by atoms with Crippen LogP contribution in [-0.4, -0.2) is 50.8 Å². The van der Waals surface area contributed by atoms with Gasteiger partial charge >= 0.3 is 0 Å². The highest BCUT2D eigenvalue weighted by Crippen LogP contribution is 2.41. The van der Waals surface area contributed by atoms with Crippen molar-refractivity contribution in [3.8, 4) is 17.5 Å². The Hall–Kier alpha value is -3.04. The summed E-state index contributed by atoms with van der Waals surface area (Å²) < 4.78 is 6.91. The molecule has 5 aromatic rings. The lowest BCUT2D eigenvalue weighted by Gasteiger charge is -2.40. The molecule has 2 aromatic carbocycles. The van der Waals surface area contributed by atoms with Gasteiger partial charge < -0.3 is 14.4 Å². The Morgan fingerprint density at radius 3 is 2.43 bits per heavy atom. The first kappa shape index (κ1) is 22.4. The highest BCUT2D eigenvalue weighted by Gasteiger charge is 2.32. The van der Waals surface area contributed by atoms with Gasteiger partial charge in [0.15, 0.2) is 5.76 Å². The van der Waals surface area contributed by atoms with Crippen molar-refractivity contribution in [3.05, 3.63) is 87.4 Å². The van der Waals surface area contributed by atoms with E-state index in [1.807, 2.05) is 42.5 Å². The summed E-state index contributed by atoms with van der Waals surface area (Å²) >= 11 is 13.8. The molecule has 1 fully saturated rings. The zero-order valence-corrected chi connectivity index (χ0v) is 20.8. The molecule has 1 saturated heterocycles. The quantitative estimate of drug-likeness (QED) is 0.304. The van der Waals surface area contributed by atoms with Crippen LogP contribution in [-0.2, 0) is 0 Å². The number of fused-ring (bicyclic) bond motifs is 1. The van der Waals surface area contributed by atoms with Crippen molar-refractivity contribution >= 4 is 45.2 Å². The first-order valence-electron chi connectivity index (χ1n) is 11.2. The van der Waals surface area contributed by atoms with Crippen LogP contribution in [0.2, 0.25) is 10.0 Å². The topological polar surface area (TPSA) is 70.0 Å². The van der Waals surface area contributed by atoms with Crippen LogP contribution >= 0.6 is 34.5 Å². The monoisotopic (exact) mass is 525 g/mol. The second-order valence-corrected chi connectivity index (χ2v) is 10.2. The average molecular weight is 526 g/mol. The SMILES string of the molecule is Oc1c([C@H](c2ccc(Cl)cc2)N2CCN(c3cccc(Cl)c3)CC2)sc2nc(-c3ccco3)nn12. The third-order valence-corrected chi connectivity index (χ3v) is 7.79. The maximum Gasteiger partial charge on any atom is 0.230 e. The molecule has 6 rings (SSSR count). The number of halogens is 2. The van der Waals surface area contributed by atoms with E-state index in [0.717, 1.165) is 47.3 Å². The van der Waals surface area contributed by atoms with Crippen molar-refractivity contribution in [2.45, 2.75) is 6.04 Å². The van der Waals surface area contributed by atoms with E-state index < -0.39 is 0 Å². The van der Waals surface area contributed by atoms with Crippen LogP contribution in [0.25, 0.3) is 16.5 Å². The van der Waals surface area contributed by atoms with Gasteiger partial charge in [-0.25, -0.2) is 0 Å². The molecule has 0 aliphatic carbocycles. The van der Waals surface area contributed by atoms with Gasteiger partial charge in [-0.3, -0.25) is 4.90 Å². The standard InChI is InChI=1S/C25H21Cl2N5O2S/c26-17-8-6-16(7-9-17)21(31-12-10-30(11-13-31)19-4-1-3-18(27)15-19)22-24(33)32-25(35-22)28-23(29-32)20-5-2-14-34-20/h1-9,14-15,21,33H,10-13H2/t21-/m0/s1. The summed E-state index contributed by atoms with van der Waals surface area (Å²) in [5.41, 5.74) is 2.17. The maximum absolute atomic E-state index is 11.2. The van der Waals surface area contributed by atoms with E-state index in [9.17, 15) is 5.11 Å². The van der Waals surface area contributed by atoms with E-state index in [2.05, 4.69) is 25.9 Å². The summed E-state index contributed by atoms with van der Waals surface area (Å²) in [6, 6.07) is 19.2. The largest absolute Gasteiger partial charge is 0.492 e. The van der Waals surface area contributed by atoms with Gasteiger partial charge in [0.25, 0.3) is 0 Å². The third-order valence-electron chi connectivity index (χ3n) is 6.23. The van der Waals surface area contributed by atoms with Gasteiger partial charge in [-0.1, -0.05) is 52.7 Å². The van der Waals surface area contributed by atoms with E-state index in [4.69, 9.17) is 27.6 Å². The molecule has 1 atom stereocenters. The molecule has 3 aromatic heterocycles. The number of hydrogen-bond donors (Lipinski definition) is 1. The van der Waals surface area contributed by atoms with Crippen LogP contribution in [0.1, 0.15) is 16.5 Å². The van der Waals surface area contributed by atoms with Crippen molar-refractivity contribution in [1.82, 2.24) is 19.5 Å². The number of piperazine rings is 1. The summed E-state index contributed by atoms with van der Waals surface area (Å²) in [5.74, 6) is 1.10. The predicted octanol–water partition coefficient (Wildman–Crippen LogP) is 5.97. The molecule has 0 saturated carbocycles. The summed E-state index contributed by atoms with van der Waals surface area (Å²) in [6.07, 6.45) is 1.58. The minimum absolute atomic E-state index is 0.0903.